The van der Waals surface area contributed by atoms with Gasteiger partial charge in [0, 0.05) is 30.0 Å². The van der Waals surface area contributed by atoms with Gasteiger partial charge in [-0.3, -0.25) is 9.59 Å². The maximum atomic E-state index is 15.0. The predicted octanol–water partition coefficient (Wildman–Crippen LogP) is 15.3. The van der Waals surface area contributed by atoms with Crippen molar-refractivity contribution in [2.45, 2.75) is 63.2 Å². The van der Waals surface area contributed by atoms with Crippen molar-refractivity contribution in [3.05, 3.63) is 246 Å². The van der Waals surface area contributed by atoms with Crippen LogP contribution in [-0.2, 0) is 30.4 Å². The first-order valence-electron chi connectivity index (χ1n) is 31.3. The van der Waals surface area contributed by atoms with Gasteiger partial charge in [-0.1, -0.05) is 79.4 Å². The lowest BCUT2D eigenvalue weighted by Gasteiger charge is -2.26. The molecule has 0 radical (unpaired) electrons. The number of hydrogen-bond donors (Lipinski definition) is 4. The van der Waals surface area contributed by atoms with E-state index in [9.17, 15) is 28.5 Å². The van der Waals surface area contributed by atoms with Gasteiger partial charge in [0.25, 0.3) is 0 Å². The number of ketones is 2. The number of fused-ring (bicyclic) bond motifs is 2. The number of carbonyl (C=O) groups is 6. The van der Waals surface area contributed by atoms with Gasteiger partial charge in [0.1, 0.15) is 45.9 Å². The molecular formula is C77H70N4O15S. The number of anilines is 4. The van der Waals surface area contributed by atoms with E-state index >= 15 is 4.79 Å². The molecule has 0 aromatic heterocycles. The first-order valence-corrected chi connectivity index (χ1v) is 32.5. The molecule has 0 spiro atoms. The Balaban J connectivity index is 0.777. The SMILES string of the molecule is C=CC(=O)OCCCCCCOc1ccc(C(=O)Oc2ccc(-c3ccc(Oc4cc(N)c5c(c4N)C(=O)c4c(N)c(Oc6ccc(-c7ccc(OC(=O)c8ccc(OCCCCCCOC(=O)C=C)cc8)cc7)cc6)cc(N[S+]([O-])c6ccc(C)cc6)c4C5=O)cc3)cc2)cc1. The number of aryl methyl sites for hydroxylation is 1. The maximum absolute atomic E-state index is 15.0. The number of nitrogens with one attached hydrogen (secondary N) is 1. The molecule has 1 unspecified atom stereocenters. The maximum Gasteiger partial charge on any atom is 0.343 e. The van der Waals surface area contributed by atoms with Crippen LogP contribution in [0.4, 0.5) is 22.7 Å². The number of unbranched alkanes of at least 4 members (excludes halogenated alkanes) is 6. The summed E-state index contributed by atoms with van der Waals surface area (Å²) in [6.07, 6.45) is 9.07. The van der Waals surface area contributed by atoms with E-state index in [4.69, 9.17) is 55.1 Å². The van der Waals surface area contributed by atoms with Gasteiger partial charge in [0.05, 0.1) is 76.9 Å². The third-order valence-corrected chi connectivity index (χ3v) is 16.7. The molecule has 97 heavy (non-hydrogen) atoms. The molecule has 19 nitrogen and oxygen atoms in total. The van der Waals surface area contributed by atoms with Crippen LogP contribution in [0, 0.1) is 6.92 Å². The van der Waals surface area contributed by atoms with Crippen LogP contribution < -0.4 is 50.3 Å². The Morgan fingerprint density at radius 2 is 0.804 bits per heavy atom. The monoisotopic (exact) mass is 1320 g/mol. The fourth-order valence-corrected chi connectivity index (χ4v) is 11.3. The highest BCUT2D eigenvalue weighted by molar-refractivity contribution is 7.92. The summed E-state index contributed by atoms with van der Waals surface area (Å²) in [6.45, 7) is 10.4. The number of benzene rings is 9. The standard InChI is InChI=1S/C77H70N4O15S/c1-4-66(82)91-44-12-8-6-10-42-89-55-28-24-53(25-29-55)76(86)95-59-36-20-51(21-37-59)49-16-32-57(33-17-49)93-64-46-62(78)68-70(72(64)79)75(85)71-69(74(68)84)63(81-97(88)61-40-14-48(3)15-41-61)47-65(73(71)80)94-58-34-18-50(19-35-58)52-22-38-60(39-23-52)96-77(87)54-26-30-56(31-27-54)90-43-11-7-9-13-45-92-67(83)5-2/h4-5,14-41,46-47,81H,1-2,6-13,42-45,78-80H2,3H3. The van der Waals surface area contributed by atoms with Crippen molar-refractivity contribution >= 4 is 69.6 Å². The summed E-state index contributed by atoms with van der Waals surface area (Å²) in [4.78, 5) is 78.8. The molecule has 20 heteroatoms. The Morgan fingerprint density at radius 1 is 0.443 bits per heavy atom. The van der Waals surface area contributed by atoms with E-state index in [1.807, 2.05) is 6.92 Å². The second kappa shape index (κ2) is 32.5. The minimum atomic E-state index is -1.95. The fraction of sp³-hybridized carbons (Fsp3) is 0.169. The van der Waals surface area contributed by atoms with Crippen LogP contribution in [0.15, 0.2) is 212 Å². The van der Waals surface area contributed by atoms with Gasteiger partial charge in [-0.2, -0.15) is 0 Å². The molecule has 494 valence electrons. The molecular weight excluding hydrogens is 1250 g/mol. The number of nitrogens with two attached hydrogens (primary N) is 3. The van der Waals surface area contributed by atoms with Crippen molar-refractivity contribution in [2.24, 2.45) is 0 Å². The molecule has 0 amide bonds. The summed E-state index contributed by atoms with van der Waals surface area (Å²) < 4.78 is 62.6. The molecule has 10 rings (SSSR count). The minimum absolute atomic E-state index is 0.00677. The molecule has 0 saturated carbocycles. The fourth-order valence-electron chi connectivity index (χ4n) is 10.4. The van der Waals surface area contributed by atoms with Gasteiger partial charge < -0.3 is 59.6 Å². The summed E-state index contributed by atoms with van der Waals surface area (Å²) in [7, 11) is 0. The van der Waals surface area contributed by atoms with Gasteiger partial charge in [0.2, 0.25) is 0 Å². The van der Waals surface area contributed by atoms with Gasteiger partial charge in [-0.05, 0) is 190 Å². The number of hydrogen-bond acceptors (Lipinski definition) is 19. The van der Waals surface area contributed by atoms with Crippen LogP contribution in [0.2, 0.25) is 0 Å². The molecule has 0 aliphatic heterocycles. The Labute approximate surface area is 564 Å². The molecule has 1 aliphatic carbocycles. The Morgan fingerprint density at radius 3 is 1.22 bits per heavy atom. The second-order valence-corrected chi connectivity index (χ2v) is 23.7. The van der Waals surface area contributed by atoms with E-state index in [1.54, 1.807) is 170 Å². The predicted molar refractivity (Wildman–Crippen MR) is 371 cm³/mol. The highest BCUT2D eigenvalue weighted by Gasteiger charge is 2.40. The topological polar surface area (TPSA) is 289 Å². The Kier molecular flexibility index (Phi) is 22.9. The smallest absolute Gasteiger partial charge is 0.343 e. The van der Waals surface area contributed by atoms with Gasteiger partial charge in [-0.25, -0.2) is 23.9 Å². The first-order chi connectivity index (χ1) is 47.0. The second-order valence-electron chi connectivity index (χ2n) is 22.5. The van der Waals surface area contributed by atoms with Crippen LogP contribution in [0.25, 0.3) is 22.3 Å². The van der Waals surface area contributed by atoms with Crippen LogP contribution in [0.3, 0.4) is 0 Å². The zero-order chi connectivity index (χ0) is 68.4. The molecule has 0 heterocycles. The number of rotatable bonds is 31. The van der Waals surface area contributed by atoms with Crippen LogP contribution in [0.5, 0.6) is 46.0 Å². The third-order valence-electron chi connectivity index (χ3n) is 15.6. The zero-order valence-electron chi connectivity index (χ0n) is 53.1. The van der Waals surface area contributed by atoms with E-state index in [0.717, 1.165) is 91.3 Å². The average Bonchev–Trinajstić information content (AvgIpc) is 0.722. The van der Waals surface area contributed by atoms with Crippen LogP contribution in [0.1, 0.15) is 109 Å². The minimum Gasteiger partial charge on any atom is -0.588 e. The summed E-state index contributed by atoms with van der Waals surface area (Å²) in [5, 5.41) is 0. The van der Waals surface area contributed by atoms with E-state index in [-0.39, 0.29) is 56.5 Å². The van der Waals surface area contributed by atoms with Crippen molar-refractivity contribution in [3.8, 4) is 68.2 Å². The van der Waals surface area contributed by atoms with E-state index < -0.39 is 46.8 Å². The van der Waals surface area contributed by atoms with E-state index in [0.29, 0.717) is 76.9 Å². The summed E-state index contributed by atoms with van der Waals surface area (Å²) in [5.74, 6) is -0.888. The van der Waals surface area contributed by atoms with Crippen LogP contribution in [-0.4, -0.2) is 66.4 Å². The quantitative estimate of drug-likeness (QED) is 0.00784. The Hall–Kier alpha value is -11.6. The van der Waals surface area contributed by atoms with Crippen LogP contribution >= 0.6 is 0 Å². The molecule has 1 atom stereocenters. The molecule has 1 aliphatic rings. The van der Waals surface area contributed by atoms with Gasteiger partial charge >= 0.3 is 23.9 Å². The molecule has 0 fully saturated rings. The lowest BCUT2D eigenvalue weighted by Crippen LogP contribution is -2.27. The third kappa shape index (κ3) is 17.6. The largest absolute Gasteiger partial charge is 0.588 e. The normalized spacial score (nSPS) is 11.6. The molecule has 0 saturated heterocycles. The highest BCUT2D eigenvalue weighted by Crippen LogP contribution is 2.48. The van der Waals surface area contributed by atoms with Crippen molar-refractivity contribution in [1.29, 1.82) is 0 Å². The molecule has 9 aromatic rings. The molecule has 9 aromatic carbocycles. The zero-order valence-corrected chi connectivity index (χ0v) is 54.0. The van der Waals surface area contributed by atoms with Crippen molar-refractivity contribution < 1.29 is 71.2 Å². The van der Waals surface area contributed by atoms with Crippen molar-refractivity contribution in [1.82, 2.24) is 0 Å². The van der Waals surface area contributed by atoms with Crippen molar-refractivity contribution in [3.63, 3.8) is 0 Å². The summed E-state index contributed by atoms with van der Waals surface area (Å²) in [6, 6.07) is 51.0. The van der Waals surface area contributed by atoms with Gasteiger partial charge in [0.15, 0.2) is 28.0 Å². The Bertz CT molecular complexity index is 4330. The van der Waals surface area contributed by atoms with E-state index in [2.05, 4.69) is 17.9 Å². The highest BCUT2D eigenvalue weighted by atomic mass is 32.2. The number of carbonyl (C=O) groups excluding carboxylic acids is 6. The molecule has 7 N–H and O–H groups in total. The molecule has 0 bridgehead atoms. The summed E-state index contributed by atoms with van der Waals surface area (Å²) in [5.41, 5.74) is 23.7. The van der Waals surface area contributed by atoms with Gasteiger partial charge in [-0.15, -0.1) is 0 Å². The number of nitrogen functional groups attached to an aromatic ring is 3. The lowest BCUT2D eigenvalue weighted by molar-refractivity contribution is -0.138. The number of esters is 4. The van der Waals surface area contributed by atoms with Crippen molar-refractivity contribution in [2.75, 3.05) is 48.4 Å². The summed E-state index contributed by atoms with van der Waals surface area (Å²) >= 11 is -1.95. The number of ether oxygens (including phenoxy) is 8. The van der Waals surface area contributed by atoms with E-state index in [1.165, 1.54) is 12.1 Å². The first kappa shape index (κ1) is 68.3. The average molecular weight is 1320 g/mol. The lowest BCUT2D eigenvalue weighted by atomic mass is 9.80.